The first-order valence-corrected chi connectivity index (χ1v) is 8.55. The maximum absolute atomic E-state index is 12.2. The van der Waals surface area contributed by atoms with Crippen molar-refractivity contribution in [2.45, 2.75) is 24.0 Å². The molecule has 0 atom stereocenters. The predicted molar refractivity (Wildman–Crippen MR) is 87.9 cm³/mol. The van der Waals surface area contributed by atoms with Crippen LogP contribution in [0.1, 0.15) is 29.8 Å². The van der Waals surface area contributed by atoms with Crippen LogP contribution in [0.25, 0.3) is 0 Å². The van der Waals surface area contributed by atoms with E-state index in [0.29, 0.717) is 16.8 Å². The van der Waals surface area contributed by atoms with E-state index in [4.69, 9.17) is 5.26 Å². The van der Waals surface area contributed by atoms with Gasteiger partial charge in [0.05, 0.1) is 21.4 Å². The third-order valence-electron chi connectivity index (χ3n) is 3.36. The molecule has 0 heterocycles. The third-order valence-corrected chi connectivity index (χ3v) is 5.53. The summed E-state index contributed by atoms with van der Waals surface area (Å²) in [5.74, 6) is -0.402. The molecular formula is C17H16N2O3S. The number of nitriles is 1. The van der Waals surface area contributed by atoms with E-state index < -0.39 is 21.0 Å². The van der Waals surface area contributed by atoms with Gasteiger partial charge in [0, 0.05) is 5.56 Å². The number of carbonyl (C=O) groups is 1. The van der Waals surface area contributed by atoms with Crippen LogP contribution in [0.4, 0.5) is 5.69 Å². The zero-order valence-electron chi connectivity index (χ0n) is 12.8. The van der Waals surface area contributed by atoms with Gasteiger partial charge in [-0.3, -0.25) is 4.79 Å². The van der Waals surface area contributed by atoms with Crippen molar-refractivity contribution < 1.29 is 13.2 Å². The number of para-hydroxylation sites is 1. The Kier molecular flexibility index (Phi) is 4.82. The molecule has 6 heteroatoms. The molecule has 23 heavy (non-hydrogen) atoms. The topological polar surface area (TPSA) is 87.0 Å². The zero-order chi connectivity index (χ0) is 17.0. The van der Waals surface area contributed by atoms with Gasteiger partial charge in [-0.2, -0.15) is 5.26 Å². The maximum atomic E-state index is 12.2. The summed E-state index contributed by atoms with van der Waals surface area (Å²) in [6.07, 6.45) is 0. The van der Waals surface area contributed by atoms with E-state index in [2.05, 4.69) is 5.32 Å². The van der Waals surface area contributed by atoms with Crippen molar-refractivity contribution in [3.05, 3.63) is 59.7 Å². The quantitative estimate of drug-likeness (QED) is 0.934. The summed E-state index contributed by atoms with van der Waals surface area (Å²) in [7, 11) is -3.36. The summed E-state index contributed by atoms with van der Waals surface area (Å²) < 4.78 is 24.1. The van der Waals surface area contributed by atoms with E-state index in [0.717, 1.165) is 0 Å². The Bertz CT molecular complexity index is 863. The number of nitrogens with zero attached hydrogens (tertiary/aromatic N) is 1. The van der Waals surface area contributed by atoms with Crippen molar-refractivity contribution in [2.75, 3.05) is 5.32 Å². The average molecular weight is 328 g/mol. The van der Waals surface area contributed by atoms with Crippen LogP contribution >= 0.6 is 0 Å². The Morgan fingerprint density at radius 1 is 1.09 bits per heavy atom. The van der Waals surface area contributed by atoms with Crippen LogP contribution in [0, 0.1) is 11.3 Å². The predicted octanol–water partition coefficient (Wildman–Crippen LogP) is 2.99. The highest BCUT2D eigenvalue weighted by atomic mass is 32.2. The van der Waals surface area contributed by atoms with Crippen molar-refractivity contribution in [2.24, 2.45) is 0 Å². The molecule has 0 radical (unpaired) electrons. The third kappa shape index (κ3) is 3.58. The second kappa shape index (κ2) is 6.63. The molecule has 0 unspecified atom stereocenters. The fraction of sp³-hybridized carbons (Fsp3) is 0.176. The van der Waals surface area contributed by atoms with Crippen LogP contribution in [-0.4, -0.2) is 19.6 Å². The van der Waals surface area contributed by atoms with Gasteiger partial charge < -0.3 is 5.32 Å². The molecule has 2 rings (SSSR count). The van der Waals surface area contributed by atoms with Gasteiger partial charge in [0.1, 0.15) is 6.07 Å². The van der Waals surface area contributed by atoms with E-state index in [-0.39, 0.29) is 4.90 Å². The van der Waals surface area contributed by atoms with Crippen LogP contribution in [0.3, 0.4) is 0 Å². The number of amides is 1. The molecule has 1 N–H and O–H groups in total. The molecular weight excluding hydrogens is 312 g/mol. The summed E-state index contributed by atoms with van der Waals surface area (Å²) in [6.45, 7) is 3.21. The lowest BCUT2D eigenvalue weighted by molar-refractivity contribution is 0.102. The highest BCUT2D eigenvalue weighted by Gasteiger charge is 2.19. The number of hydrogen-bond acceptors (Lipinski definition) is 4. The van der Waals surface area contributed by atoms with Crippen molar-refractivity contribution in [1.29, 1.82) is 5.26 Å². The van der Waals surface area contributed by atoms with E-state index in [1.165, 1.54) is 24.3 Å². The molecule has 0 fully saturated rings. The molecule has 0 aliphatic rings. The van der Waals surface area contributed by atoms with Gasteiger partial charge in [-0.15, -0.1) is 0 Å². The fourth-order valence-electron chi connectivity index (χ4n) is 1.95. The second-order valence-corrected chi connectivity index (χ2v) is 7.73. The molecule has 0 aliphatic carbocycles. The molecule has 1 amide bonds. The Labute approximate surface area is 135 Å². The van der Waals surface area contributed by atoms with Crippen LogP contribution < -0.4 is 5.32 Å². The number of carbonyl (C=O) groups excluding carboxylic acids is 1. The SMILES string of the molecule is CC(C)S(=O)(=O)c1ccc(C(=O)Nc2ccccc2C#N)cc1. The number of nitrogens with one attached hydrogen (secondary N) is 1. The number of hydrogen-bond donors (Lipinski definition) is 1. The maximum Gasteiger partial charge on any atom is 0.255 e. The molecule has 0 saturated carbocycles. The molecule has 0 aliphatic heterocycles. The molecule has 0 spiro atoms. The van der Waals surface area contributed by atoms with Crippen molar-refractivity contribution in [1.82, 2.24) is 0 Å². The number of sulfone groups is 1. The lowest BCUT2D eigenvalue weighted by Crippen LogP contribution is -2.15. The summed E-state index contributed by atoms with van der Waals surface area (Å²) in [5, 5.41) is 11.1. The average Bonchev–Trinajstić information content (AvgIpc) is 2.55. The molecule has 118 valence electrons. The summed E-state index contributed by atoms with van der Waals surface area (Å²) in [4.78, 5) is 12.4. The Morgan fingerprint density at radius 3 is 2.26 bits per heavy atom. The van der Waals surface area contributed by atoms with Crippen LogP contribution in [0.15, 0.2) is 53.4 Å². The molecule has 2 aromatic carbocycles. The standard InChI is InChI=1S/C17H16N2O3S/c1-12(2)23(21,22)15-9-7-13(8-10-15)17(20)19-16-6-4-3-5-14(16)11-18/h3-10,12H,1-2H3,(H,19,20). The van der Waals surface area contributed by atoms with E-state index in [1.807, 2.05) is 6.07 Å². The highest BCUT2D eigenvalue weighted by Crippen LogP contribution is 2.18. The number of anilines is 1. The first-order valence-electron chi connectivity index (χ1n) is 7.00. The van der Waals surface area contributed by atoms with Gasteiger partial charge in [0.25, 0.3) is 5.91 Å². The largest absolute Gasteiger partial charge is 0.321 e. The summed E-state index contributed by atoms with van der Waals surface area (Å²) >= 11 is 0. The molecule has 2 aromatic rings. The molecule has 0 bridgehead atoms. The van der Waals surface area contributed by atoms with Gasteiger partial charge in [-0.05, 0) is 50.2 Å². The summed E-state index contributed by atoms with van der Waals surface area (Å²) in [5.41, 5.74) is 1.10. The normalized spacial score (nSPS) is 11.0. The zero-order valence-corrected chi connectivity index (χ0v) is 13.6. The van der Waals surface area contributed by atoms with Crippen LogP contribution in [-0.2, 0) is 9.84 Å². The summed E-state index contributed by atoms with van der Waals surface area (Å²) in [6, 6.07) is 14.4. The smallest absolute Gasteiger partial charge is 0.255 e. The van der Waals surface area contributed by atoms with E-state index in [9.17, 15) is 13.2 Å². The highest BCUT2D eigenvalue weighted by molar-refractivity contribution is 7.92. The molecule has 0 aromatic heterocycles. The van der Waals surface area contributed by atoms with E-state index >= 15 is 0 Å². The first-order chi connectivity index (χ1) is 10.9. The second-order valence-electron chi connectivity index (χ2n) is 5.23. The van der Waals surface area contributed by atoms with Crippen LogP contribution in [0.5, 0.6) is 0 Å². The number of rotatable bonds is 4. The van der Waals surface area contributed by atoms with Crippen molar-refractivity contribution >= 4 is 21.4 Å². The minimum Gasteiger partial charge on any atom is -0.321 e. The molecule has 0 saturated heterocycles. The Hall–Kier alpha value is -2.65. The van der Waals surface area contributed by atoms with E-state index in [1.54, 1.807) is 38.1 Å². The van der Waals surface area contributed by atoms with Gasteiger partial charge in [0.15, 0.2) is 9.84 Å². The minimum atomic E-state index is -3.36. The Morgan fingerprint density at radius 2 is 1.70 bits per heavy atom. The lowest BCUT2D eigenvalue weighted by Gasteiger charge is -2.09. The first kappa shape index (κ1) is 16.7. The van der Waals surface area contributed by atoms with Crippen LogP contribution in [0.2, 0.25) is 0 Å². The molecule has 5 nitrogen and oxygen atoms in total. The van der Waals surface area contributed by atoms with Crippen molar-refractivity contribution in [3.63, 3.8) is 0 Å². The van der Waals surface area contributed by atoms with Gasteiger partial charge >= 0.3 is 0 Å². The van der Waals surface area contributed by atoms with Gasteiger partial charge in [-0.1, -0.05) is 12.1 Å². The monoisotopic (exact) mass is 328 g/mol. The van der Waals surface area contributed by atoms with Gasteiger partial charge in [-0.25, -0.2) is 8.42 Å². The van der Waals surface area contributed by atoms with Crippen molar-refractivity contribution in [3.8, 4) is 6.07 Å². The fourth-order valence-corrected chi connectivity index (χ4v) is 3.01. The van der Waals surface area contributed by atoms with Gasteiger partial charge in [0.2, 0.25) is 0 Å². The Balaban J connectivity index is 2.23. The number of benzene rings is 2. The lowest BCUT2D eigenvalue weighted by atomic mass is 10.1. The minimum absolute atomic E-state index is 0.182.